The standard InChI is InChI=1S/C5H3O2/c1-4-2-3-7-5(4)6/h3H,1H2. The number of hydrogen-bond donors (Lipinski definition) is 0. The highest BCUT2D eigenvalue weighted by molar-refractivity contribution is 5.91. The van der Waals surface area contributed by atoms with Crippen molar-refractivity contribution in [3.05, 3.63) is 24.5 Å². The fourth-order valence-electron chi connectivity index (χ4n) is 0.284. The second-order valence-electron chi connectivity index (χ2n) is 1.15. The average Bonchev–Trinajstić information content (AvgIpc) is 1.91. The Balaban J connectivity index is 2.81. The second-order valence-corrected chi connectivity index (χ2v) is 1.15. The van der Waals surface area contributed by atoms with Gasteiger partial charge in [0.25, 0.3) is 0 Å². The van der Waals surface area contributed by atoms with Crippen molar-refractivity contribution >= 4 is 5.97 Å². The third-order valence-electron chi connectivity index (χ3n) is 0.646. The minimum absolute atomic E-state index is 0.292. The van der Waals surface area contributed by atoms with Crippen molar-refractivity contribution in [2.75, 3.05) is 0 Å². The number of hydrogen-bond acceptors (Lipinski definition) is 2. The van der Waals surface area contributed by atoms with Gasteiger partial charge < -0.3 is 4.74 Å². The van der Waals surface area contributed by atoms with Crippen molar-refractivity contribution in [1.82, 2.24) is 0 Å². The van der Waals surface area contributed by atoms with Gasteiger partial charge in [0.15, 0.2) is 0 Å². The molecular weight excluding hydrogens is 92.1 g/mol. The van der Waals surface area contributed by atoms with Crippen molar-refractivity contribution in [1.29, 1.82) is 0 Å². The van der Waals surface area contributed by atoms with Gasteiger partial charge in [-0.15, -0.1) is 0 Å². The molecule has 1 radical (unpaired) electrons. The van der Waals surface area contributed by atoms with E-state index in [9.17, 15) is 4.79 Å². The van der Waals surface area contributed by atoms with E-state index in [-0.39, 0.29) is 0 Å². The van der Waals surface area contributed by atoms with Gasteiger partial charge in [0.05, 0.1) is 5.57 Å². The summed E-state index contributed by atoms with van der Waals surface area (Å²) in [5.74, 6) is -0.403. The van der Waals surface area contributed by atoms with E-state index in [2.05, 4.69) is 17.4 Å². The molecule has 0 bridgehead atoms. The lowest BCUT2D eigenvalue weighted by Crippen LogP contribution is -1.92. The first-order valence-electron chi connectivity index (χ1n) is 1.79. The van der Waals surface area contributed by atoms with Crippen LogP contribution in [0.1, 0.15) is 0 Å². The molecule has 2 nitrogen and oxygen atoms in total. The molecule has 0 fully saturated rings. The molecule has 0 atom stereocenters. The van der Waals surface area contributed by atoms with Crippen LogP contribution in [-0.4, -0.2) is 5.97 Å². The number of cyclic esters (lactones) is 1. The molecule has 1 rings (SSSR count). The predicted octanol–water partition coefficient (Wildman–Crippen LogP) is 0.416. The largest absolute Gasteiger partial charge is 0.430 e. The average molecular weight is 95.1 g/mol. The Morgan fingerprint density at radius 3 is 2.71 bits per heavy atom. The Kier molecular flexibility index (Phi) is 0.719. The molecule has 1 aliphatic heterocycles. The van der Waals surface area contributed by atoms with E-state index >= 15 is 0 Å². The molecule has 1 heterocycles. The Bertz CT molecular complexity index is 144. The SMILES string of the molecule is C=C1[C]=COC1=O. The summed E-state index contributed by atoms with van der Waals surface area (Å²) in [7, 11) is 0. The Morgan fingerprint density at radius 1 is 1.86 bits per heavy atom. The first-order valence-corrected chi connectivity index (χ1v) is 1.79. The molecule has 0 saturated carbocycles. The molecule has 35 valence electrons. The normalized spacial score (nSPS) is 17.7. The van der Waals surface area contributed by atoms with Gasteiger partial charge in [-0.2, -0.15) is 0 Å². The molecule has 0 N–H and O–H groups in total. The van der Waals surface area contributed by atoms with E-state index in [4.69, 9.17) is 0 Å². The van der Waals surface area contributed by atoms with E-state index in [1.165, 1.54) is 6.26 Å². The van der Waals surface area contributed by atoms with Crippen LogP contribution in [0.4, 0.5) is 0 Å². The van der Waals surface area contributed by atoms with Crippen LogP contribution in [0.25, 0.3) is 0 Å². The zero-order chi connectivity index (χ0) is 5.28. The summed E-state index contributed by atoms with van der Waals surface area (Å²) in [6.45, 7) is 3.32. The van der Waals surface area contributed by atoms with E-state index in [1.54, 1.807) is 0 Å². The number of carbonyl (C=O) groups excluding carboxylic acids is 1. The monoisotopic (exact) mass is 95.0 g/mol. The van der Waals surface area contributed by atoms with Gasteiger partial charge in [-0.05, 0) is 0 Å². The quantitative estimate of drug-likeness (QED) is 0.322. The van der Waals surface area contributed by atoms with Crippen molar-refractivity contribution < 1.29 is 9.53 Å². The molecule has 2 heteroatoms. The van der Waals surface area contributed by atoms with Crippen LogP contribution in [0.2, 0.25) is 0 Å². The molecule has 0 spiro atoms. The van der Waals surface area contributed by atoms with E-state index in [1.807, 2.05) is 0 Å². The van der Waals surface area contributed by atoms with Crippen LogP contribution in [0, 0.1) is 6.08 Å². The lowest BCUT2D eigenvalue weighted by atomic mass is 10.3. The Labute approximate surface area is 41.1 Å². The lowest BCUT2D eigenvalue weighted by Gasteiger charge is -1.81. The van der Waals surface area contributed by atoms with Crippen molar-refractivity contribution in [2.24, 2.45) is 0 Å². The van der Waals surface area contributed by atoms with E-state index < -0.39 is 5.97 Å². The van der Waals surface area contributed by atoms with Crippen LogP contribution < -0.4 is 0 Å². The lowest BCUT2D eigenvalue weighted by molar-refractivity contribution is -0.132. The maximum Gasteiger partial charge on any atom is 0.343 e. The number of esters is 1. The predicted molar refractivity (Wildman–Crippen MR) is 23.0 cm³/mol. The molecule has 7 heavy (non-hydrogen) atoms. The molecule has 0 amide bonds. The number of carbonyl (C=O) groups is 1. The highest BCUT2D eigenvalue weighted by atomic mass is 16.5. The van der Waals surface area contributed by atoms with Gasteiger partial charge >= 0.3 is 5.97 Å². The number of ether oxygens (including phenoxy) is 1. The summed E-state index contributed by atoms with van der Waals surface area (Å²) in [4.78, 5) is 10.2. The van der Waals surface area contributed by atoms with Gasteiger partial charge in [-0.3, -0.25) is 0 Å². The summed E-state index contributed by atoms with van der Waals surface area (Å²) in [6.07, 6.45) is 3.68. The van der Waals surface area contributed by atoms with Crippen LogP contribution in [0.5, 0.6) is 0 Å². The zero-order valence-electron chi connectivity index (χ0n) is 3.60. The summed E-state index contributed by atoms with van der Waals surface area (Å²) < 4.78 is 4.29. The molecule has 1 aliphatic rings. The van der Waals surface area contributed by atoms with Crippen molar-refractivity contribution in [3.63, 3.8) is 0 Å². The molecule has 0 unspecified atom stereocenters. The summed E-state index contributed by atoms with van der Waals surface area (Å²) >= 11 is 0. The minimum Gasteiger partial charge on any atom is -0.430 e. The van der Waals surface area contributed by atoms with Gasteiger partial charge in [0.2, 0.25) is 0 Å². The Hall–Kier alpha value is -1.05. The topological polar surface area (TPSA) is 26.3 Å². The minimum atomic E-state index is -0.403. The van der Waals surface area contributed by atoms with E-state index in [0.717, 1.165) is 0 Å². The fourth-order valence-corrected chi connectivity index (χ4v) is 0.284. The maximum atomic E-state index is 10.2. The molecule has 0 aromatic rings. The number of rotatable bonds is 0. The van der Waals surface area contributed by atoms with Crippen LogP contribution in [-0.2, 0) is 9.53 Å². The molecule has 0 aromatic heterocycles. The maximum absolute atomic E-state index is 10.2. The fraction of sp³-hybridized carbons (Fsp3) is 0. The second kappa shape index (κ2) is 1.22. The molecule has 0 saturated heterocycles. The summed E-state index contributed by atoms with van der Waals surface area (Å²) in [5, 5.41) is 0. The first-order chi connectivity index (χ1) is 3.30. The summed E-state index contributed by atoms with van der Waals surface area (Å²) in [5.41, 5.74) is 0.292. The third-order valence-corrected chi connectivity index (χ3v) is 0.646. The molecule has 0 aromatic carbocycles. The smallest absolute Gasteiger partial charge is 0.343 e. The van der Waals surface area contributed by atoms with Gasteiger partial charge in [0, 0.05) is 6.08 Å². The third kappa shape index (κ3) is 0.538. The molecular formula is C5H3O2. The van der Waals surface area contributed by atoms with Gasteiger partial charge in [-0.1, -0.05) is 6.58 Å². The van der Waals surface area contributed by atoms with Crippen molar-refractivity contribution in [2.45, 2.75) is 0 Å². The van der Waals surface area contributed by atoms with Gasteiger partial charge in [-0.25, -0.2) is 4.79 Å². The summed E-state index contributed by atoms with van der Waals surface area (Å²) in [6, 6.07) is 0. The van der Waals surface area contributed by atoms with Crippen LogP contribution in [0.15, 0.2) is 18.4 Å². The van der Waals surface area contributed by atoms with E-state index in [0.29, 0.717) is 5.57 Å². The zero-order valence-corrected chi connectivity index (χ0v) is 3.60. The van der Waals surface area contributed by atoms with Crippen LogP contribution in [0.3, 0.4) is 0 Å². The highest BCUT2D eigenvalue weighted by Gasteiger charge is 2.08. The Morgan fingerprint density at radius 2 is 2.57 bits per heavy atom. The molecule has 0 aliphatic carbocycles. The van der Waals surface area contributed by atoms with Crippen molar-refractivity contribution in [3.8, 4) is 0 Å². The van der Waals surface area contributed by atoms with Gasteiger partial charge in [0.1, 0.15) is 6.26 Å². The highest BCUT2D eigenvalue weighted by Crippen LogP contribution is 2.02. The first kappa shape index (κ1) is 4.12. The van der Waals surface area contributed by atoms with Crippen LogP contribution >= 0.6 is 0 Å².